The second kappa shape index (κ2) is 9.86. The van der Waals surface area contributed by atoms with Gasteiger partial charge in [-0.1, -0.05) is 28.5 Å². The molecule has 0 atom stereocenters. The number of rotatable bonds is 7. The minimum Gasteiger partial charge on any atom is -0.398 e. The summed E-state index contributed by atoms with van der Waals surface area (Å²) >= 11 is 0. The lowest BCUT2D eigenvalue weighted by molar-refractivity contribution is -0.138. The van der Waals surface area contributed by atoms with Gasteiger partial charge < -0.3 is 15.0 Å². The zero-order valence-electron chi connectivity index (χ0n) is 16.9. The first kappa shape index (κ1) is 22.9. The molecule has 10 heteroatoms. The van der Waals surface area contributed by atoms with Gasteiger partial charge in [-0.2, -0.15) is 13.2 Å². The number of halogens is 3. The highest BCUT2D eigenvalue weighted by atomic mass is 19.4. The normalized spacial score (nSPS) is 12.5. The predicted molar refractivity (Wildman–Crippen MR) is 105 cm³/mol. The van der Waals surface area contributed by atoms with Crippen molar-refractivity contribution in [3.05, 3.63) is 64.5 Å². The Morgan fingerprint density at radius 3 is 2.57 bits per heavy atom. The molecule has 0 saturated carbocycles. The SMILES string of the molecule is CNC(=O)/C(=N/OC)c1cccc(C)c1CO/N=C(\C)c1ccncc1C(F)(F)F. The van der Waals surface area contributed by atoms with E-state index < -0.39 is 17.6 Å². The fourth-order valence-corrected chi connectivity index (χ4v) is 2.72. The second-order valence-corrected chi connectivity index (χ2v) is 6.17. The smallest absolute Gasteiger partial charge is 0.398 e. The molecule has 0 aliphatic carbocycles. The first-order valence-electron chi connectivity index (χ1n) is 8.81. The molecule has 7 nitrogen and oxygen atoms in total. The van der Waals surface area contributed by atoms with Crippen molar-refractivity contribution in [2.75, 3.05) is 14.2 Å². The van der Waals surface area contributed by atoms with Gasteiger partial charge in [0.1, 0.15) is 13.7 Å². The summed E-state index contributed by atoms with van der Waals surface area (Å²) in [6.45, 7) is 3.12. The maximum Gasteiger partial charge on any atom is 0.418 e. The first-order chi connectivity index (χ1) is 14.2. The van der Waals surface area contributed by atoms with E-state index in [1.54, 1.807) is 25.1 Å². The van der Waals surface area contributed by atoms with Gasteiger partial charge >= 0.3 is 6.18 Å². The lowest BCUT2D eigenvalue weighted by Crippen LogP contribution is -2.29. The zero-order chi connectivity index (χ0) is 22.3. The molecule has 0 spiro atoms. The monoisotopic (exact) mass is 422 g/mol. The molecule has 0 aliphatic rings. The summed E-state index contributed by atoms with van der Waals surface area (Å²) in [4.78, 5) is 25.8. The van der Waals surface area contributed by atoms with Crippen molar-refractivity contribution in [3.63, 3.8) is 0 Å². The topological polar surface area (TPSA) is 85.2 Å². The van der Waals surface area contributed by atoms with Crippen molar-refractivity contribution in [3.8, 4) is 0 Å². The molecule has 160 valence electrons. The third-order valence-electron chi connectivity index (χ3n) is 4.22. The zero-order valence-corrected chi connectivity index (χ0v) is 16.9. The third-order valence-corrected chi connectivity index (χ3v) is 4.22. The Morgan fingerprint density at radius 2 is 1.93 bits per heavy atom. The molecule has 2 rings (SSSR count). The highest BCUT2D eigenvalue weighted by Gasteiger charge is 2.34. The fraction of sp³-hybridized carbons (Fsp3) is 0.300. The number of oxime groups is 2. The van der Waals surface area contributed by atoms with Gasteiger partial charge in [0.25, 0.3) is 5.91 Å². The van der Waals surface area contributed by atoms with Crippen LogP contribution in [0.5, 0.6) is 0 Å². The number of aryl methyl sites for hydroxylation is 1. The Balaban J connectivity index is 2.33. The van der Waals surface area contributed by atoms with E-state index in [0.717, 1.165) is 11.8 Å². The lowest BCUT2D eigenvalue weighted by Gasteiger charge is -2.14. The second-order valence-electron chi connectivity index (χ2n) is 6.17. The summed E-state index contributed by atoms with van der Waals surface area (Å²) in [7, 11) is 2.77. The van der Waals surface area contributed by atoms with Crippen molar-refractivity contribution in [2.45, 2.75) is 26.6 Å². The molecule has 0 aliphatic heterocycles. The van der Waals surface area contributed by atoms with Crippen molar-refractivity contribution in [2.24, 2.45) is 10.3 Å². The number of pyridine rings is 1. The fourth-order valence-electron chi connectivity index (χ4n) is 2.72. The van der Waals surface area contributed by atoms with Gasteiger partial charge in [0.15, 0.2) is 5.71 Å². The summed E-state index contributed by atoms with van der Waals surface area (Å²) in [5.41, 5.74) is 0.889. The van der Waals surface area contributed by atoms with Crippen LogP contribution in [-0.4, -0.2) is 36.5 Å². The van der Waals surface area contributed by atoms with Crippen molar-refractivity contribution in [1.29, 1.82) is 0 Å². The van der Waals surface area contributed by atoms with Crippen LogP contribution in [0.3, 0.4) is 0 Å². The summed E-state index contributed by atoms with van der Waals surface area (Å²) in [6, 6.07) is 6.43. The number of benzene rings is 1. The van der Waals surface area contributed by atoms with Crippen LogP contribution < -0.4 is 5.32 Å². The lowest BCUT2D eigenvalue weighted by atomic mass is 9.98. The number of hydrogen-bond acceptors (Lipinski definition) is 6. The van der Waals surface area contributed by atoms with Gasteiger partial charge in [0, 0.05) is 36.1 Å². The molecule has 0 unspecified atom stereocenters. The van der Waals surface area contributed by atoms with E-state index in [2.05, 4.69) is 20.6 Å². The maximum absolute atomic E-state index is 13.2. The number of nitrogens with zero attached hydrogens (tertiary/aromatic N) is 3. The molecule has 1 aromatic carbocycles. The van der Waals surface area contributed by atoms with Gasteiger partial charge in [0.2, 0.25) is 0 Å². The van der Waals surface area contributed by atoms with Crippen LogP contribution in [-0.2, 0) is 27.3 Å². The molecular weight excluding hydrogens is 401 g/mol. The standard InChI is InChI=1S/C20H21F3N4O3/c1-12-6-5-7-15(18(27-29-4)19(28)24-3)16(12)11-30-26-13(2)14-8-9-25-10-17(14)20(21,22)23/h5-10H,11H2,1-4H3,(H,24,28)/b26-13+,27-18+. The van der Waals surface area contributed by atoms with E-state index in [0.29, 0.717) is 11.1 Å². The Kier molecular flexibility index (Phi) is 7.51. The van der Waals surface area contributed by atoms with Crippen LogP contribution in [0.15, 0.2) is 47.0 Å². The Bertz CT molecular complexity index is 972. The van der Waals surface area contributed by atoms with E-state index >= 15 is 0 Å². The summed E-state index contributed by atoms with van der Waals surface area (Å²) in [5.74, 6) is -0.463. The average molecular weight is 422 g/mol. The van der Waals surface area contributed by atoms with E-state index in [1.807, 2.05) is 0 Å². The van der Waals surface area contributed by atoms with Gasteiger partial charge in [-0.3, -0.25) is 9.78 Å². The van der Waals surface area contributed by atoms with Crippen LogP contribution in [0.25, 0.3) is 0 Å². The van der Waals surface area contributed by atoms with Crippen LogP contribution >= 0.6 is 0 Å². The van der Waals surface area contributed by atoms with Crippen LogP contribution in [0.2, 0.25) is 0 Å². The highest BCUT2D eigenvalue weighted by molar-refractivity contribution is 6.45. The Labute approximate surface area is 171 Å². The molecule has 2 aromatic rings. The van der Waals surface area contributed by atoms with E-state index in [9.17, 15) is 18.0 Å². The van der Waals surface area contributed by atoms with E-state index in [-0.39, 0.29) is 23.6 Å². The summed E-state index contributed by atoms with van der Waals surface area (Å²) in [6.07, 6.45) is -2.58. The van der Waals surface area contributed by atoms with Gasteiger partial charge in [-0.05, 0) is 25.5 Å². The molecule has 1 N–H and O–H groups in total. The Hall–Kier alpha value is -3.43. The minimum atomic E-state index is -4.57. The largest absolute Gasteiger partial charge is 0.418 e. The van der Waals surface area contributed by atoms with Gasteiger partial charge in [-0.15, -0.1) is 0 Å². The van der Waals surface area contributed by atoms with E-state index in [4.69, 9.17) is 9.68 Å². The molecule has 1 amide bonds. The van der Waals surface area contributed by atoms with Crippen LogP contribution in [0.4, 0.5) is 13.2 Å². The third kappa shape index (κ3) is 5.34. The number of amides is 1. The maximum atomic E-state index is 13.2. The number of aromatic nitrogens is 1. The van der Waals surface area contributed by atoms with Crippen LogP contribution in [0, 0.1) is 6.92 Å². The van der Waals surface area contributed by atoms with Crippen molar-refractivity contribution < 1.29 is 27.6 Å². The average Bonchev–Trinajstić information content (AvgIpc) is 2.72. The number of carbonyl (C=O) groups excluding carboxylic acids is 1. The first-order valence-corrected chi connectivity index (χ1v) is 8.81. The summed E-state index contributed by atoms with van der Waals surface area (Å²) < 4.78 is 39.5. The van der Waals surface area contributed by atoms with Crippen LogP contribution in [0.1, 0.15) is 34.7 Å². The molecule has 0 saturated heterocycles. The van der Waals surface area contributed by atoms with Gasteiger partial charge in [0.05, 0.1) is 11.3 Å². The van der Waals surface area contributed by atoms with Crippen molar-refractivity contribution in [1.82, 2.24) is 10.3 Å². The molecule has 30 heavy (non-hydrogen) atoms. The summed E-state index contributed by atoms with van der Waals surface area (Å²) in [5, 5.41) is 10.1. The number of hydrogen-bond donors (Lipinski definition) is 1. The number of carbonyl (C=O) groups is 1. The molecule has 0 radical (unpaired) electrons. The molecular formula is C20H21F3N4O3. The quantitative estimate of drug-likeness (QED) is 0.547. The number of nitrogens with one attached hydrogen (secondary N) is 1. The predicted octanol–water partition coefficient (Wildman–Crippen LogP) is 3.45. The Morgan fingerprint density at radius 1 is 1.20 bits per heavy atom. The van der Waals surface area contributed by atoms with Gasteiger partial charge in [-0.25, -0.2) is 0 Å². The minimum absolute atomic E-state index is 0.0384. The highest BCUT2D eigenvalue weighted by Crippen LogP contribution is 2.31. The van der Waals surface area contributed by atoms with Crippen molar-refractivity contribution >= 4 is 17.3 Å². The number of likely N-dealkylation sites (N-methyl/N-ethyl adjacent to an activating group) is 1. The number of alkyl halides is 3. The molecule has 0 bridgehead atoms. The molecule has 1 aromatic heterocycles. The van der Waals surface area contributed by atoms with E-state index in [1.165, 1.54) is 33.3 Å². The molecule has 0 fully saturated rings. The molecule has 1 heterocycles.